The number of hydrogen-bond donors (Lipinski definition) is 1. The summed E-state index contributed by atoms with van der Waals surface area (Å²) >= 11 is 1.61. The zero-order chi connectivity index (χ0) is 10.4. The van der Waals surface area contributed by atoms with Crippen LogP contribution in [0.4, 0.5) is 0 Å². The molecule has 1 fully saturated rings. The third-order valence-corrected chi connectivity index (χ3v) is 3.99. The van der Waals surface area contributed by atoms with Gasteiger partial charge in [-0.05, 0) is 17.9 Å². The number of carbonyl (C=O) groups excluding carboxylic acids is 1. The van der Waals surface area contributed by atoms with Crippen molar-refractivity contribution in [2.45, 2.75) is 25.4 Å². The lowest BCUT2D eigenvalue weighted by molar-refractivity contribution is -0.128. The molecule has 1 aromatic heterocycles. The van der Waals surface area contributed by atoms with Crippen LogP contribution in [0.25, 0.3) is 0 Å². The van der Waals surface area contributed by atoms with Crippen molar-refractivity contribution in [2.24, 2.45) is 5.16 Å². The van der Waals surface area contributed by atoms with Crippen LogP contribution < -0.4 is 0 Å². The van der Waals surface area contributed by atoms with Gasteiger partial charge in [0.05, 0.1) is 12.6 Å². The molecule has 1 unspecified atom stereocenters. The van der Waals surface area contributed by atoms with E-state index in [1.165, 1.54) is 0 Å². The molecule has 1 atom stereocenters. The summed E-state index contributed by atoms with van der Waals surface area (Å²) in [5.74, 6) is 0.167. The van der Waals surface area contributed by atoms with Crippen LogP contribution in [0, 0.1) is 0 Å². The monoisotopic (exact) mass is 222 g/mol. The summed E-state index contributed by atoms with van der Waals surface area (Å²) < 4.78 is 0. The van der Waals surface area contributed by atoms with E-state index in [1.807, 2.05) is 16.3 Å². The van der Waals surface area contributed by atoms with Crippen LogP contribution in [0.3, 0.4) is 0 Å². The van der Waals surface area contributed by atoms with Crippen molar-refractivity contribution in [3.63, 3.8) is 0 Å². The fourth-order valence-electron chi connectivity index (χ4n) is 2.36. The Morgan fingerprint density at radius 3 is 3.27 bits per heavy atom. The number of rotatable bonds is 0. The Morgan fingerprint density at radius 2 is 2.47 bits per heavy atom. The Balaban J connectivity index is 2.12. The first-order valence-electron chi connectivity index (χ1n) is 4.89. The number of carbonyl (C=O) groups is 1. The average Bonchev–Trinajstić information content (AvgIpc) is 2.83. The molecule has 4 nitrogen and oxygen atoms in total. The predicted octanol–water partition coefficient (Wildman–Crippen LogP) is 1.43. The van der Waals surface area contributed by atoms with Gasteiger partial charge in [0, 0.05) is 16.9 Å². The smallest absolute Gasteiger partial charge is 0.223 e. The molecule has 1 amide bonds. The van der Waals surface area contributed by atoms with Crippen LogP contribution in [0.5, 0.6) is 0 Å². The van der Waals surface area contributed by atoms with Crippen molar-refractivity contribution >= 4 is 23.0 Å². The summed E-state index contributed by atoms with van der Waals surface area (Å²) in [6.45, 7) is 0.676. The highest BCUT2D eigenvalue weighted by Gasteiger charge is 2.40. The number of nitrogens with zero attached hydrogens (tertiary/aromatic N) is 2. The van der Waals surface area contributed by atoms with Gasteiger partial charge in [-0.15, -0.1) is 11.3 Å². The topological polar surface area (TPSA) is 52.9 Å². The van der Waals surface area contributed by atoms with Crippen LogP contribution in [-0.4, -0.2) is 27.8 Å². The lowest BCUT2D eigenvalue weighted by Gasteiger charge is -2.30. The normalized spacial score (nSPS) is 26.9. The summed E-state index contributed by atoms with van der Waals surface area (Å²) in [7, 11) is 0. The first-order valence-corrected chi connectivity index (χ1v) is 5.77. The van der Waals surface area contributed by atoms with Gasteiger partial charge in [-0.3, -0.25) is 4.79 Å². The molecule has 78 valence electrons. The minimum absolute atomic E-state index is 0.00963. The van der Waals surface area contributed by atoms with Crippen molar-refractivity contribution in [2.75, 3.05) is 0 Å². The van der Waals surface area contributed by atoms with Crippen LogP contribution in [0.15, 0.2) is 16.6 Å². The van der Waals surface area contributed by atoms with E-state index in [9.17, 15) is 4.79 Å². The Labute approximate surface area is 90.8 Å². The second-order valence-corrected chi connectivity index (χ2v) is 4.82. The van der Waals surface area contributed by atoms with E-state index in [0.29, 0.717) is 18.7 Å². The van der Waals surface area contributed by atoms with Gasteiger partial charge >= 0.3 is 0 Å². The molecule has 3 rings (SSSR count). The molecule has 5 heteroatoms. The quantitative estimate of drug-likeness (QED) is 0.533. The fraction of sp³-hybridized carbons (Fsp3) is 0.400. The second-order valence-electron chi connectivity index (χ2n) is 3.82. The van der Waals surface area contributed by atoms with Crippen LogP contribution in [0.1, 0.15) is 23.3 Å². The summed E-state index contributed by atoms with van der Waals surface area (Å²) in [5.41, 5.74) is 1.67. The summed E-state index contributed by atoms with van der Waals surface area (Å²) in [6, 6.07) is 1.96. The van der Waals surface area contributed by atoms with E-state index >= 15 is 0 Å². The Kier molecular flexibility index (Phi) is 1.82. The molecule has 0 bridgehead atoms. The van der Waals surface area contributed by atoms with Gasteiger partial charge < -0.3 is 10.1 Å². The van der Waals surface area contributed by atoms with E-state index in [-0.39, 0.29) is 11.9 Å². The molecular weight excluding hydrogens is 212 g/mol. The summed E-state index contributed by atoms with van der Waals surface area (Å²) in [4.78, 5) is 14.5. The van der Waals surface area contributed by atoms with Crippen molar-refractivity contribution in [1.82, 2.24) is 4.90 Å². The van der Waals surface area contributed by atoms with E-state index in [2.05, 4.69) is 5.16 Å². The highest BCUT2D eigenvalue weighted by molar-refractivity contribution is 7.10. The zero-order valence-electron chi connectivity index (χ0n) is 8.01. The first-order chi connectivity index (χ1) is 7.31. The van der Waals surface area contributed by atoms with Crippen LogP contribution in [-0.2, 0) is 11.3 Å². The van der Waals surface area contributed by atoms with Gasteiger partial charge in [0.1, 0.15) is 5.71 Å². The minimum atomic E-state index is -0.00963. The summed E-state index contributed by atoms with van der Waals surface area (Å²) in [5, 5.41) is 14.4. The highest BCUT2D eigenvalue weighted by atomic mass is 32.1. The molecule has 2 aliphatic rings. The third kappa shape index (κ3) is 1.13. The maximum absolute atomic E-state index is 11.6. The van der Waals surface area contributed by atoms with Crippen molar-refractivity contribution in [3.8, 4) is 0 Å². The standard InChI is InChI=1S/C10H10N2O2S/c13-9-2-1-7-10(11-14)6-3-4-15-8(6)5-12(7)9/h3-4,7,14H,1-2,5H2/b11-10+. The number of fused-ring (bicyclic) bond motifs is 2. The number of amides is 1. The van der Waals surface area contributed by atoms with E-state index < -0.39 is 0 Å². The number of oxime groups is 1. The Bertz CT molecular complexity index is 452. The fourth-order valence-corrected chi connectivity index (χ4v) is 3.24. The largest absolute Gasteiger partial charge is 0.411 e. The molecule has 1 N–H and O–H groups in total. The lowest BCUT2D eigenvalue weighted by Crippen LogP contribution is -2.42. The average molecular weight is 222 g/mol. The molecule has 0 aromatic carbocycles. The number of thiophene rings is 1. The van der Waals surface area contributed by atoms with Crippen molar-refractivity contribution < 1.29 is 10.0 Å². The van der Waals surface area contributed by atoms with Crippen molar-refractivity contribution in [1.29, 1.82) is 0 Å². The molecule has 0 radical (unpaired) electrons. The molecule has 0 saturated carbocycles. The van der Waals surface area contributed by atoms with E-state index in [4.69, 9.17) is 5.21 Å². The second kappa shape index (κ2) is 3.06. The number of hydrogen-bond acceptors (Lipinski definition) is 4. The maximum atomic E-state index is 11.6. The zero-order valence-corrected chi connectivity index (χ0v) is 8.83. The Morgan fingerprint density at radius 1 is 1.60 bits per heavy atom. The van der Waals surface area contributed by atoms with E-state index in [1.54, 1.807) is 11.3 Å². The van der Waals surface area contributed by atoms with Crippen molar-refractivity contribution in [3.05, 3.63) is 21.9 Å². The molecule has 0 spiro atoms. The SMILES string of the molecule is O=C1CCC2/C(=N/O)c3ccsc3CN12. The first kappa shape index (κ1) is 8.91. The van der Waals surface area contributed by atoms with Gasteiger partial charge in [0.15, 0.2) is 0 Å². The van der Waals surface area contributed by atoms with Crippen LogP contribution >= 0.6 is 11.3 Å². The Hall–Kier alpha value is -1.36. The molecule has 3 heterocycles. The molecular formula is C10H10N2O2S. The predicted molar refractivity (Wildman–Crippen MR) is 56.2 cm³/mol. The van der Waals surface area contributed by atoms with Gasteiger partial charge in [-0.1, -0.05) is 5.16 Å². The minimum Gasteiger partial charge on any atom is -0.411 e. The van der Waals surface area contributed by atoms with Gasteiger partial charge in [-0.2, -0.15) is 0 Å². The third-order valence-electron chi connectivity index (χ3n) is 3.09. The van der Waals surface area contributed by atoms with Gasteiger partial charge in [0.2, 0.25) is 5.91 Å². The molecule has 0 aliphatic carbocycles. The molecule has 2 aliphatic heterocycles. The highest BCUT2D eigenvalue weighted by Crippen LogP contribution is 2.33. The summed E-state index contributed by atoms with van der Waals surface area (Å²) in [6.07, 6.45) is 1.34. The van der Waals surface area contributed by atoms with Gasteiger partial charge in [-0.25, -0.2) is 0 Å². The van der Waals surface area contributed by atoms with Gasteiger partial charge in [0.25, 0.3) is 0 Å². The molecule has 1 aromatic rings. The maximum Gasteiger partial charge on any atom is 0.223 e. The molecule has 15 heavy (non-hydrogen) atoms. The van der Waals surface area contributed by atoms with E-state index in [0.717, 1.165) is 16.9 Å². The van der Waals surface area contributed by atoms with Crippen LogP contribution in [0.2, 0.25) is 0 Å². The molecule has 1 saturated heterocycles. The lowest BCUT2D eigenvalue weighted by atomic mass is 9.98.